The predicted molar refractivity (Wildman–Crippen MR) is 195 cm³/mol. The molecule has 11 nitrogen and oxygen atoms in total. The number of H-pyrrole nitrogens is 1. The summed E-state index contributed by atoms with van der Waals surface area (Å²) in [6.07, 6.45) is 5.39. The molecule has 4 aromatic rings. The minimum absolute atomic E-state index is 0.0666. The zero-order valence-electron chi connectivity index (χ0n) is 29.5. The van der Waals surface area contributed by atoms with Crippen molar-refractivity contribution in [1.29, 1.82) is 0 Å². The van der Waals surface area contributed by atoms with E-state index in [1.165, 1.54) is 42.8 Å². The smallest absolute Gasteiger partial charge is 0.294 e. The van der Waals surface area contributed by atoms with Crippen LogP contribution in [0.1, 0.15) is 67.3 Å². The summed E-state index contributed by atoms with van der Waals surface area (Å²) >= 11 is 6.20. The van der Waals surface area contributed by atoms with E-state index in [0.717, 1.165) is 60.8 Å². The molecule has 7 rings (SSSR count). The van der Waals surface area contributed by atoms with E-state index in [1.807, 2.05) is 26.0 Å². The number of imidazole rings is 1. The third-order valence-corrected chi connectivity index (χ3v) is 12.0. The third kappa shape index (κ3) is 9.78. The minimum Gasteiger partial charge on any atom is -0.487 e. The number of nitrogens with zero attached hydrogens (tertiary/aromatic N) is 2. The average molecular weight is 760 g/mol. The average Bonchev–Trinajstić information content (AvgIpc) is 3.46. The van der Waals surface area contributed by atoms with Gasteiger partial charge in [0.2, 0.25) is 0 Å². The maximum Gasteiger partial charge on any atom is 0.294 e. The van der Waals surface area contributed by atoms with Crippen LogP contribution in [0.2, 0.25) is 5.02 Å². The highest BCUT2D eigenvalue weighted by Gasteiger charge is 2.52. The molecule has 2 saturated heterocycles. The van der Waals surface area contributed by atoms with Gasteiger partial charge >= 0.3 is 0 Å². The van der Waals surface area contributed by atoms with Crippen LogP contribution in [0.3, 0.4) is 0 Å². The Balaban J connectivity index is 0.000000188. The van der Waals surface area contributed by atoms with Crippen LogP contribution in [0, 0.1) is 32.1 Å². The molecule has 0 amide bonds. The van der Waals surface area contributed by atoms with Gasteiger partial charge < -0.3 is 14.5 Å². The summed E-state index contributed by atoms with van der Waals surface area (Å²) < 4.78 is 72.1. The van der Waals surface area contributed by atoms with Gasteiger partial charge in [0.1, 0.15) is 11.4 Å². The molecule has 14 heteroatoms. The molecule has 1 aromatic heterocycles. The van der Waals surface area contributed by atoms with E-state index >= 15 is 0 Å². The number of hydrogen-bond donors (Lipinski definition) is 3. The molecule has 276 valence electrons. The second-order valence-electron chi connectivity index (χ2n) is 14.3. The van der Waals surface area contributed by atoms with Crippen molar-refractivity contribution in [2.45, 2.75) is 81.9 Å². The lowest BCUT2D eigenvalue weighted by atomic mass is 9.64. The molecule has 0 bridgehead atoms. The first-order chi connectivity index (χ1) is 23.8. The van der Waals surface area contributed by atoms with Crippen molar-refractivity contribution in [3.05, 3.63) is 106 Å². The Bertz CT molecular complexity index is 1950. The summed E-state index contributed by atoms with van der Waals surface area (Å²) in [7, 11) is -8.04. The number of hydrogen-bond acceptors (Lipinski definition) is 8. The van der Waals surface area contributed by atoms with E-state index in [4.69, 9.17) is 30.2 Å². The van der Waals surface area contributed by atoms with Crippen LogP contribution in [-0.2, 0) is 31.5 Å². The Morgan fingerprint density at radius 3 is 1.92 bits per heavy atom. The van der Waals surface area contributed by atoms with Crippen LogP contribution in [-0.4, -0.2) is 66.1 Å². The lowest BCUT2D eigenvalue weighted by Gasteiger charge is -2.54. The highest BCUT2D eigenvalue weighted by Crippen LogP contribution is 2.55. The Labute approximate surface area is 305 Å². The molecule has 3 aliphatic rings. The number of aromatic nitrogens is 2. The van der Waals surface area contributed by atoms with Gasteiger partial charge in [-0.05, 0) is 109 Å². The summed E-state index contributed by atoms with van der Waals surface area (Å²) in [5, 5.41) is 0.713. The monoisotopic (exact) mass is 759 g/mol. The van der Waals surface area contributed by atoms with Crippen LogP contribution >= 0.6 is 11.6 Å². The molecule has 3 aliphatic heterocycles. The van der Waals surface area contributed by atoms with Crippen LogP contribution in [0.25, 0.3) is 0 Å². The highest BCUT2D eigenvalue weighted by molar-refractivity contribution is 7.86. The fourth-order valence-corrected chi connectivity index (χ4v) is 7.96. The summed E-state index contributed by atoms with van der Waals surface area (Å²) in [5.41, 5.74) is 5.39. The molecule has 0 unspecified atom stereocenters. The Hall–Kier alpha value is -3.30. The minimum atomic E-state index is -4.02. The highest BCUT2D eigenvalue weighted by atomic mass is 35.5. The Morgan fingerprint density at radius 2 is 1.43 bits per heavy atom. The van der Waals surface area contributed by atoms with Gasteiger partial charge in [0, 0.05) is 28.7 Å². The second-order valence-corrected chi connectivity index (χ2v) is 17.5. The van der Waals surface area contributed by atoms with Crippen molar-refractivity contribution in [1.82, 2.24) is 14.9 Å². The van der Waals surface area contributed by atoms with Crippen molar-refractivity contribution >= 4 is 31.8 Å². The summed E-state index contributed by atoms with van der Waals surface area (Å²) in [4.78, 5) is 10.0. The first-order valence-electron chi connectivity index (χ1n) is 16.7. The van der Waals surface area contributed by atoms with Gasteiger partial charge in [0.25, 0.3) is 20.2 Å². The number of aryl methyl sites for hydroxylation is 3. The largest absolute Gasteiger partial charge is 0.487 e. The topological polar surface area (TPSA) is 159 Å². The maximum atomic E-state index is 10.5. The van der Waals surface area contributed by atoms with Gasteiger partial charge in [0.15, 0.2) is 0 Å². The van der Waals surface area contributed by atoms with Gasteiger partial charge in [-0.15, -0.1) is 0 Å². The molecule has 2 atom stereocenters. The molecule has 0 radical (unpaired) electrons. The van der Waals surface area contributed by atoms with Crippen molar-refractivity contribution in [3.63, 3.8) is 0 Å². The fraction of sp³-hybridized carbons (Fsp3) is 0.432. The lowest BCUT2D eigenvalue weighted by Crippen LogP contribution is -2.54. The summed E-state index contributed by atoms with van der Waals surface area (Å²) in [6.45, 7) is 14.1. The molecular formula is C37H46ClN3O8S2. The molecule has 1 spiro atoms. The zero-order chi connectivity index (χ0) is 37.2. The van der Waals surface area contributed by atoms with Crippen molar-refractivity contribution in [3.8, 4) is 5.75 Å². The number of likely N-dealkylation sites (tertiary alicyclic amines) is 1. The van der Waals surface area contributed by atoms with Crippen molar-refractivity contribution in [2.24, 2.45) is 11.3 Å². The van der Waals surface area contributed by atoms with E-state index in [9.17, 15) is 16.8 Å². The van der Waals surface area contributed by atoms with Crippen molar-refractivity contribution < 1.29 is 35.4 Å². The van der Waals surface area contributed by atoms with Crippen LogP contribution < -0.4 is 4.74 Å². The molecule has 0 aliphatic carbocycles. The number of benzene rings is 3. The van der Waals surface area contributed by atoms with Crippen molar-refractivity contribution in [2.75, 3.05) is 19.7 Å². The first kappa shape index (κ1) is 38.9. The van der Waals surface area contributed by atoms with Crippen LogP contribution in [0.5, 0.6) is 5.75 Å². The first-order valence-corrected chi connectivity index (χ1v) is 20.0. The zero-order valence-corrected chi connectivity index (χ0v) is 31.9. The van der Waals surface area contributed by atoms with E-state index < -0.39 is 20.2 Å². The molecule has 0 saturated carbocycles. The summed E-state index contributed by atoms with van der Waals surface area (Å²) in [6, 6.07) is 17.9. The number of nitrogens with one attached hydrogen (secondary N) is 1. The quantitative estimate of drug-likeness (QED) is 0.179. The molecule has 3 N–H and O–H groups in total. The molecular weight excluding hydrogens is 714 g/mol. The summed E-state index contributed by atoms with van der Waals surface area (Å²) in [5.74, 6) is 1.23. The normalized spacial score (nSPS) is 20.8. The van der Waals surface area contributed by atoms with E-state index in [0.29, 0.717) is 10.9 Å². The fourth-order valence-electron chi connectivity index (χ4n) is 6.84. The molecule has 3 aromatic carbocycles. The second kappa shape index (κ2) is 15.4. The number of aromatic amines is 1. The van der Waals surface area contributed by atoms with E-state index in [1.54, 1.807) is 30.6 Å². The van der Waals surface area contributed by atoms with Gasteiger partial charge in [-0.3, -0.25) is 14.0 Å². The molecule has 2 fully saturated rings. The van der Waals surface area contributed by atoms with E-state index in [-0.39, 0.29) is 26.9 Å². The standard InChI is InChI=1S/C23H30ClN3O2.2C7H8O3S/c1-15-19(26-14-25-15)12-27-8-6-23(7-9-27)11-18-21(28-13-23)17-5-4-16(24)10-20(17)29-22(18,2)3;2*1-6-2-4-7(5-3-6)11(8,9)10/h4-5,10,14,18,21H,6-9,11-13H2,1-3H3,(H,25,26);2*2-5H,1H3,(H,8,9,10)/t18-,21+;;/m1../s1. The lowest BCUT2D eigenvalue weighted by molar-refractivity contribution is -0.174. The molecule has 4 heterocycles. The van der Waals surface area contributed by atoms with Gasteiger partial charge in [-0.2, -0.15) is 16.8 Å². The van der Waals surface area contributed by atoms with Gasteiger partial charge in [-0.25, -0.2) is 4.98 Å². The number of rotatable bonds is 4. The van der Waals surface area contributed by atoms with Gasteiger partial charge in [-0.1, -0.05) is 53.1 Å². The SMILES string of the molecule is Cc1[nH]cnc1CN1CCC2(CC1)CO[C@H]1c3ccc(Cl)cc3OC(C)(C)[C@@H]1C2.Cc1ccc(S(=O)(=O)O)cc1.Cc1ccc(S(=O)(=O)O)cc1. The Morgan fingerprint density at radius 1 is 0.882 bits per heavy atom. The Kier molecular flexibility index (Phi) is 11.7. The van der Waals surface area contributed by atoms with Crippen LogP contribution in [0.15, 0.2) is 82.8 Å². The van der Waals surface area contributed by atoms with Crippen LogP contribution in [0.4, 0.5) is 0 Å². The maximum absolute atomic E-state index is 10.5. The number of halogens is 1. The van der Waals surface area contributed by atoms with E-state index in [2.05, 4.69) is 41.7 Å². The number of fused-ring (bicyclic) bond motifs is 3. The molecule has 51 heavy (non-hydrogen) atoms. The number of ether oxygens (including phenoxy) is 2. The number of piperidine rings is 1. The third-order valence-electron chi connectivity index (χ3n) is 10.00. The predicted octanol–water partition coefficient (Wildman–Crippen LogP) is 7.39. The van der Waals surface area contributed by atoms with Gasteiger partial charge in [0.05, 0.1) is 34.5 Å².